The molecule has 1 unspecified atom stereocenters. The molecule has 3 rings (SSSR count). The summed E-state index contributed by atoms with van der Waals surface area (Å²) in [5.74, 6) is 0.857. The molecule has 0 radical (unpaired) electrons. The zero-order chi connectivity index (χ0) is 18.9. The van der Waals surface area contributed by atoms with E-state index in [4.69, 9.17) is 0 Å². The fourth-order valence-electron chi connectivity index (χ4n) is 3.57. The van der Waals surface area contributed by atoms with E-state index in [1.54, 1.807) is 0 Å². The number of aryl methyl sites for hydroxylation is 1. The second-order valence-electron chi connectivity index (χ2n) is 7.11. The molecule has 0 saturated carbocycles. The Kier molecular flexibility index (Phi) is 9.70. The molecular weight excluding hydrogens is 461 g/mol. The van der Waals surface area contributed by atoms with Crippen LogP contribution in [0.15, 0.2) is 53.7 Å². The lowest BCUT2D eigenvalue weighted by Gasteiger charge is -2.29. The van der Waals surface area contributed by atoms with Gasteiger partial charge in [0.2, 0.25) is 0 Å². The summed E-state index contributed by atoms with van der Waals surface area (Å²) in [6.45, 7) is 6.05. The molecule has 28 heavy (non-hydrogen) atoms. The number of halogens is 1. The van der Waals surface area contributed by atoms with Crippen molar-refractivity contribution < 1.29 is 0 Å². The van der Waals surface area contributed by atoms with Gasteiger partial charge in [-0.05, 0) is 56.5 Å². The van der Waals surface area contributed by atoms with Crippen molar-refractivity contribution in [2.24, 2.45) is 4.99 Å². The molecule has 1 aliphatic rings. The van der Waals surface area contributed by atoms with Gasteiger partial charge in [-0.1, -0.05) is 36.4 Å². The molecule has 1 saturated heterocycles. The average Bonchev–Trinajstić information content (AvgIpc) is 3.23. The molecule has 0 spiro atoms. The van der Waals surface area contributed by atoms with Gasteiger partial charge in [0.15, 0.2) is 5.96 Å². The molecule has 0 aliphatic carbocycles. The Balaban J connectivity index is 0.00000280. The molecule has 5 nitrogen and oxygen atoms in total. The smallest absolute Gasteiger partial charge is 0.191 e. The quantitative estimate of drug-likeness (QED) is 0.352. The van der Waals surface area contributed by atoms with Gasteiger partial charge in [0, 0.05) is 32.0 Å². The third kappa shape index (κ3) is 6.74. The van der Waals surface area contributed by atoms with Gasteiger partial charge in [0.1, 0.15) is 0 Å². The van der Waals surface area contributed by atoms with Gasteiger partial charge in [0.25, 0.3) is 0 Å². The maximum atomic E-state index is 4.39. The minimum absolute atomic E-state index is 0. The van der Waals surface area contributed by atoms with Crippen LogP contribution >= 0.6 is 24.0 Å². The van der Waals surface area contributed by atoms with E-state index in [-0.39, 0.29) is 24.0 Å². The molecule has 152 valence electrons. The summed E-state index contributed by atoms with van der Waals surface area (Å²) in [6.07, 6.45) is 5.47. The lowest BCUT2D eigenvalue weighted by Crippen LogP contribution is -2.43. The Labute approximate surface area is 186 Å². The van der Waals surface area contributed by atoms with Gasteiger partial charge in [-0.25, -0.2) is 0 Å². The molecule has 1 fully saturated rings. The van der Waals surface area contributed by atoms with E-state index in [2.05, 4.69) is 68.0 Å². The Morgan fingerprint density at radius 3 is 2.50 bits per heavy atom. The standard InChI is InChI=1S/C22H31N5.HI/c1-18-10-11-19(16-25-18)12-13-24-22(23-2)26-17-21(27-14-6-7-15-27)20-8-4-3-5-9-20;/h3-5,8-11,16,21H,6-7,12-15,17H2,1-2H3,(H2,23,24,26);1H. The number of likely N-dealkylation sites (tertiary alicyclic amines) is 1. The highest BCUT2D eigenvalue weighted by molar-refractivity contribution is 14.0. The first-order valence-electron chi connectivity index (χ1n) is 9.91. The third-order valence-electron chi connectivity index (χ3n) is 5.13. The van der Waals surface area contributed by atoms with E-state index in [0.29, 0.717) is 6.04 Å². The fraction of sp³-hybridized carbons (Fsp3) is 0.455. The molecule has 0 bridgehead atoms. The van der Waals surface area contributed by atoms with Gasteiger partial charge < -0.3 is 10.6 Å². The number of hydrogen-bond acceptors (Lipinski definition) is 3. The summed E-state index contributed by atoms with van der Waals surface area (Å²) >= 11 is 0. The van der Waals surface area contributed by atoms with Crippen LogP contribution in [0, 0.1) is 6.92 Å². The zero-order valence-electron chi connectivity index (χ0n) is 16.9. The van der Waals surface area contributed by atoms with E-state index < -0.39 is 0 Å². The monoisotopic (exact) mass is 493 g/mol. The van der Waals surface area contributed by atoms with Crippen LogP contribution in [0.5, 0.6) is 0 Å². The normalized spacial score (nSPS) is 15.7. The maximum Gasteiger partial charge on any atom is 0.191 e. The van der Waals surface area contributed by atoms with E-state index in [9.17, 15) is 0 Å². The number of nitrogens with zero attached hydrogens (tertiary/aromatic N) is 3. The van der Waals surface area contributed by atoms with Crippen molar-refractivity contribution in [3.8, 4) is 0 Å². The van der Waals surface area contributed by atoms with E-state index in [1.807, 2.05) is 20.2 Å². The molecule has 6 heteroatoms. The number of benzene rings is 1. The highest BCUT2D eigenvalue weighted by Crippen LogP contribution is 2.24. The number of aromatic nitrogens is 1. The highest BCUT2D eigenvalue weighted by Gasteiger charge is 2.23. The molecule has 2 N–H and O–H groups in total. The molecule has 1 aromatic heterocycles. The van der Waals surface area contributed by atoms with Crippen LogP contribution in [0.1, 0.15) is 35.7 Å². The number of aliphatic imine (C=N–C) groups is 1. The Hall–Kier alpha value is -1.67. The maximum absolute atomic E-state index is 4.39. The van der Waals surface area contributed by atoms with Gasteiger partial charge >= 0.3 is 0 Å². The lowest BCUT2D eigenvalue weighted by molar-refractivity contribution is 0.245. The van der Waals surface area contributed by atoms with Crippen LogP contribution in [0.25, 0.3) is 0 Å². The second-order valence-corrected chi connectivity index (χ2v) is 7.11. The van der Waals surface area contributed by atoms with Crippen molar-refractivity contribution in [1.82, 2.24) is 20.5 Å². The van der Waals surface area contributed by atoms with Crippen LogP contribution in [0.4, 0.5) is 0 Å². The van der Waals surface area contributed by atoms with E-state index >= 15 is 0 Å². The summed E-state index contributed by atoms with van der Waals surface area (Å²) in [4.78, 5) is 11.3. The van der Waals surface area contributed by atoms with Gasteiger partial charge in [0.05, 0.1) is 6.04 Å². The van der Waals surface area contributed by atoms with Crippen molar-refractivity contribution in [2.45, 2.75) is 32.2 Å². The molecule has 2 aromatic rings. The molecule has 0 amide bonds. The van der Waals surface area contributed by atoms with Gasteiger partial charge in [-0.3, -0.25) is 14.9 Å². The van der Waals surface area contributed by atoms with Gasteiger partial charge in [-0.15, -0.1) is 24.0 Å². The second kappa shape index (κ2) is 12.0. The first kappa shape index (κ1) is 22.6. The van der Waals surface area contributed by atoms with Crippen LogP contribution in [-0.4, -0.2) is 49.1 Å². The van der Waals surface area contributed by atoms with Crippen LogP contribution in [0.3, 0.4) is 0 Å². The fourth-order valence-corrected chi connectivity index (χ4v) is 3.57. The van der Waals surface area contributed by atoms with E-state index in [0.717, 1.165) is 31.2 Å². The molecule has 1 aromatic carbocycles. The number of guanidine groups is 1. The van der Waals surface area contributed by atoms with Gasteiger partial charge in [-0.2, -0.15) is 0 Å². The minimum Gasteiger partial charge on any atom is -0.356 e. The predicted molar refractivity (Wildman–Crippen MR) is 127 cm³/mol. The zero-order valence-corrected chi connectivity index (χ0v) is 19.2. The minimum atomic E-state index is 0. The van der Waals surface area contributed by atoms with Crippen LogP contribution < -0.4 is 10.6 Å². The van der Waals surface area contributed by atoms with Crippen molar-refractivity contribution in [3.05, 3.63) is 65.5 Å². The van der Waals surface area contributed by atoms with Crippen LogP contribution in [0.2, 0.25) is 0 Å². The molecular formula is C22H32IN5. The summed E-state index contributed by atoms with van der Waals surface area (Å²) in [5.41, 5.74) is 3.66. The number of nitrogens with one attached hydrogen (secondary N) is 2. The Morgan fingerprint density at radius 2 is 1.86 bits per heavy atom. The molecule has 1 aliphatic heterocycles. The highest BCUT2D eigenvalue weighted by atomic mass is 127. The third-order valence-corrected chi connectivity index (χ3v) is 5.13. The van der Waals surface area contributed by atoms with Crippen LogP contribution in [-0.2, 0) is 6.42 Å². The summed E-state index contributed by atoms with van der Waals surface area (Å²) in [6, 6.07) is 15.4. The number of rotatable bonds is 7. The van der Waals surface area contributed by atoms with E-state index in [1.165, 1.54) is 37.1 Å². The summed E-state index contributed by atoms with van der Waals surface area (Å²) < 4.78 is 0. The summed E-state index contributed by atoms with van der Waals surface area (Å²) in [7, 11) is 1.83. The first-order valence-corrected chi connectivity index (χ1v) is 9.91. The lowest BCUT2D eigenvalue weighted by atomic mass is 10.1. The molecule has 1 atom stereocenters. The average molecular weight is 493 g/mol. The number of pyridine rings is 1. The topological polar surface area (TPSA) is 52.6 Å². The van der Waals surface area contributed by atoms with Crippen molar-refractivity contribution >= 4 is 29.9 Å². The summed E-state index contributed by atoms with van der Waals surface area (Å²) in [5, 5.41) is 6.94. The SMILES string of the molecule is CN=C(NCCc1ccc(C)nc1)NCC(c1ccccc1)N1CCCC1.I. The van der Waals surface area contributed by atoms with Crippen molar-refractivity contribution in [2.75, 3.05) is 33.2 Å². The first-order chi connectivity index (χ1) is 13.3. The largest absolute Gasteiger partial charge is 0.356 e. The molecule has 2 heterocycles. The Bertz CT molecular complexity index is 711. The number of hydrogen-bond donors (Lipinski definition) is 2. The predicted octanol–water partition coefficient (Wildman–Crippen LogP) is 3.55. The Morgan fingerprint density at radius 1 is 1.11 bits per heavy atom. The van der Waals surface area contributed by atoms with Crippen molar-refractivity contribution in [3.63, 3.8) is 0 Å². The van der Waals surface area contributed by atoms with Crippen molar-refractivity contribution in [1.29, 1.82) is 0 Å².